The van der Waals surface area contributed by atoms with Crippen molar-refractivity contribution in [1.82, 2.24) is 0 Å². The number of ether oxygens (including phenoxy) is 1. The summed E-state index contributed by atoms with van der Waals surface area (Å²) in [6, 6.07) is 0. The van der Waals surface area contributed by atoms with Crippen LogP contribution in [-0.2, 0) is 9.53 Å². The van der Waals surface area contributed by atoms with Crippen molar-refractivity contribution in [2.24, 2.45) is 0 Å². The van der Waals surface area contributed by atoms with Gasteiger partial charge in [0.15, 0.2) is 0 Å². The Balaban J connectivity index is -0.000000180. The van der Waals surface area contributed by atoms with Gasteiger partial charge in [0.25, 0.3) is 0 Å². The van der Waals surface area contributed by atoms with E-state index in [2.05, 4.69) is 13.8 Å². The summed E-state index contributed by atoms with van der Waals surface area (Å²) in [5, 5.41) is 0. The lowest BCUT2D eigenvalue weighted by Crippen LogP contribution is -2.09. The van der Waals surface area contributed by atoms with Crippen LogP contribution < -0.4 is 0 Å². The van der Waals surface area contributed by atoms with Crippen molar-refractivity contribution in [3.05, 3.63) is 0 Å². The molecule has 0 aromatic heterocycles. The van der Waals surface area contributed by atoms with E-state index in [1.54, 1.807) is 0 Å². The Morgan fingerprint density at radius 1 is 0.882 bits per heavy atom. The van der Waals surface area contributed by atoms with E-state index in [0.717, 1.165) is 0 Å². The molecule has 0 aromatic rings. The van der Waals surface area contributed by atoms with Gasteiger partial charge in [-0.1, -0.05) is 39.5 Å². The summed E-state index contributed by atoms with van der Waals surface area (Å²) < 4.78 is 5.25. The van der Waals surface area contributed by atoms with E-state index < -0.39 is 0 Å². The first kappa shape index (κ1) is 21.9. The van der Waals surface area contributed by atoms with E-state index in [-0.39, 0.29) is 5.78 Å². The molecule has 0 aliphatic heterocycles. The van der Waals surface area contributed by atoms with Crippen molar-refractivity contribution in [3.8, 4) is 0 Å². The lowest BCUT2D eigenvalue weighted by molar-refractivity contribution is -0.114. The minimum Gasteiger partial charge on any atom is -0.376 e. The predicted octanol–water partition coefficient (Wildman–Crippen LogP) is 5.00. The quantitative estimate of drug-likeness (QED) is 0.638. The van der Waals surface area contributed by atoms with Crippen LogP contribution in [0, 0.1) is 0 Å². The minimum absolute atomic E-state index is 0.167. The van der Waals surface area contributed by atoms with Gasteiger partial charge in [-0.3, -0.25) is 0 Å². The Bertz CT molecular complexity index is 126. The highest BCUT2D eigenvalue weighted by Gasteiger charge is 1.94. The number of hydrogen-bond acceptors (Lipinski definition) is 2. The highest BCUT2D eigenvalue weighted by atomic mass is 16.5. The molecule has 0 aromatic carbocycles. The van der Waals surface area contributed by atoms with Crippen LogP contribution in [0.1, 0.15) is 81.1 Å². The van der Waals surface area contributed by atoms with Crippen molar-refractivity contribution in [3.63, 3.8) is 0 Å². The van der Waals surface area contributed by atoms with E-state index in [0.29, 0.717) is 12.2 Å². The molecular formula is C15H34O2. The van der Waals surface area contributed by atoms with Crippen LogP contribution in [0.15, 0.2) is 0 Å². The highest BCUT2D eigenvalue weighted by molar-refractivity contribution is 5.72. The lowest BCUT2D eigenvalue weighted by Gasteiger charge is -2.09. The first-order valence-electron chi connectivity index (χ1n) is 6.90. The minimum atomic E-state index is 0.167. The lowest BCUT2D eigenvalue weighted by atomic mass is 10.2. The third-order valence-electron chi connectivity index (χ3n) is 1.50. The second kappa shape index (κ2) is 18.0. The first-order chi connectivity index (χ1) is 7.77. The van der Waals surface area contributed by atoms with Gasteiger partial charge in [-0.2, -0.15) is 0 Å². The zero-order chi connectivity index (χ0) is 14.3. The molecule has 0 aliphatic rings. The van der Waals surface area contributed by atoms with Gasteiger partial charge in [0, 0.05) is 0 Å². The summed E-state index contributed by atoms with van der Waals surface area (Å²) in [7, 11) is 0. The zero-order valence-corrected chi connectivity index (χ0v) is 13.3. The van der Waals surface area contributed by atoms with Crippen molar-refractivity contribution >= 4 is 5.78 Å². The number of carbonyl (C=O) groups is 1. The van der Waals surface area contributed by atoms with Gasteiger partial charge in [0.1, 0.15) is 5.78 Å². The van der Waals surface area contributed by atoms with Crippen molar-refractivity contribution < 1.29 is 9.53 Å². The van der Waals surface area contributed by atoms with Gasteiger partial charge >= 0.3 is 0 Å². The molecule has 0 saturated carbocycles. The Kier molecular flexibility index (Phi) is 23.2. The second-order valence-electron chi connectivity index (χ2n) is 4.85. The molecule has 0 unspecified atom stereocenters. The molecule has 2 heteroatoms. The van der Waals surface area contributed by atoms with Gasteiger partial charge < -0.3 is 9.53 Å². The van der Waals surface area contributed by atoms with Gasteiger partial charge in [-0.15, -0.1) is 0 Å². The summed E-state index contributed by atoms with van der Waals surface area (Å²) in [5.74, 6) is 0.167. The fraction of sp³-hybridized carbons (Fsp3) is 0.933. The smallest absolute Gasteiger partial charge is 0.126 e. The molecule has 0 spiro atoms. The predicted molar refractivity (Wildman–Crippen MR) is 77.5 cm³/mol. The second-order valence-corrected chi connectivity index (χ2v) is 4.85. The number of ketones is 1. The molecule has 0 heterocycles. The standard InChI is InChI=1S/C6H14O.C6H14.C3H6O/c1-5(2)7-6(3)4;1-3-5-6-4-2;1-3(2)4/h5-6H,1-4H3;3-6H2,1-2H3;1-2H3. The van der Waals surface area contributed by atoms with Crippen LogP contribution in [0.3, 0.4) is 0 Å². The normalized spacial score (nSPS) is 9.29. The summed E-state index contributed by atoms with van der Waals surface area (Å²) >= 11 is 0. The molecule has 0 saturated heterocycles. The maximum Gasteiger partial charge on any atom is 0.126 e. The largest absolute Gasteiger partial charge is 0.376 e. The van der Waals surface area contributed by atoms with E-state index in [1.165, 1.54) is 39.5 Å². The average molecular weight is 246 g/mol. The third-order valence-corrected chi connectivity index (χ3v) is 1.50. The molecular weight excluding hydrogens is 212 g/mol. The van der Waals surface area contributed by atoms with Crippen LogP contribution in [-0.4, -0.2) is 18.0 Å². The Morgan fingerprint density at radius 3 is 1.18 bits per heavy atom. The summed E-state index contributed by atoms with van der Waals surface area (Å²) in [5.41, 5.74) is 0. The van der Waals surface area contributed by atoms with Crippen LogP contribution >= 0.6 is 0 Å². The molecule has 0 bridgehead atoms. The van der Waals surface area contributed by atoms with E-state index in [9.17, 15) is 4.79 Å². The van der Waals surface area contributed by atoms with E-state index >= 15 is 0 Å². The highest BCUT2D eigenvalue weighted by Crippen LogP contribution is 1.95. The third kappa shape index (κ3) is 66.1. The zero-order valence-electron chi connectivity index (χ0n) is 13.3. The average Bonchev–Trinajstić information content (AvgIpc) is 2.12. The fourth-order valence-electron chi connectivity index (χ4n) is 1.04. The van der Waals surface area contributed by atoms with Crippen LogP contribution in [0.5, 0.6) is 0 Å². The SMILES string of the molecule is CC(C)=O.CC(C)OC(C)C.CCCCCC. The van der Waals surface area contributed by atoms with Crippen LogP contribution in [0.2, 0.25) is 0 Å². The van der Waals surface area contributed by atoms with Crippen LogP contribution in [0.25, 0.3) is 0 Å². The van der Waals surface area contributed by atoms with E-state index in [1.807, 2.05) is 27.7 Å². The van der Waals surface area contributed by atoms with Crippen LogP contribution in [0.4, 0.5) is 0 Å². The van der Waals surface area contributed by atoms with Gasteiger partial charge in [-0.05, 0) is 41.5 Å². The number of hydrogen-bond donors (Lipinski definition) is 0. The van der Waals surface area contributed by atoms with Crippen molar-refractivity contribution in [2.45, 2.75) is 93.3 Å². The Hall–Kier alpha value is -0.370. The first-order valence-corrected chi connectivity index (χ1v) is 6.90. The molecule has 17 heavy (non-hydrogen) atoms. The Labute approximate surface area is 109 Å². The number of unbranched alkanes of at least 4 members (excludes halogenated alkanes) is 3. The topological polar surface area (TPSA) is 26.3 Å². The molecule has 0 rings (SSSR count). The van der Waals surface area contributed by atoms with Crippen molar-refractivity contribution in [1.29, 1.82) is 0 Å². The van der Waals surface area contributed by atoms with Crippen molar-refractivity contribution in [2.75, 3.05) is 0 Å². The number of rotatable bonds is 5. The maximum absolute atomic E-state index is 9.44. The molecule has 2 nitrogen and oxygen atoms in total. The molecule has 0 aliphatic carbocycles. The van der Waals surface area contributed by atoms with Gasteiger partial charge in [-0.25, -0.2) is 0 Å². The Morgan fingerprint density at radius 2 is 1.12 bits per heavy atom. The molecule has 0 N–H and O–H groups in total. The molecule has 106 valence electrons. The summed E-state index contributed by atoms with van der Waals surface area (Å²) in [6.07, 6.45) is 6.29. The fourth-order valence-corrected chi connectivity index (χ4v) is 1.04. The van der Waals surface area contributed by atoms with Gasteiger partial charge in [0.05, 0.1) is 12.2 Å². The molecule has 0 amide bonds. The molecule has 0 atom stereocenters. The molecule has 0 radical (unpaired) electrons. The molecule has 0 fully saturated rings. The number of carbonyl (C=O) groups excluding carboxylic acids is 1. The maximum atomic E-state index is 9.44. The summed E-state index contributed by atoms with van der Waals surface area (Å²) in [4.78, 5) is 9.44. The monoisotopic (exact) mass is 246 g/mol. The number of Topliss-reactive ketones (excluding diaryl/α,β-unsaturated/α-hetero) is 1. The van der Waals surface area contributed by atoms with Gasteiger partial charge in [0.2, 0.25) is 0 Å². The van der Waals surface area contributed by atoms with E-state index in [4.69, 9.17) is 4.74 Å². The summed E-state index contributed by atoms with van der Waals surface area (Å²) in [6.45, 7) is 15.7.